The van der Waals surface area contributed by atoms with Gasteiger partial charge in [-0.2, -0.15) is 19.2 Å². The van der Waals surface area contributed by atoms with Crippen LogP contribution in [0.3, 0.4) is 0 Å². The summed E-state index contributed by atoms with van der Waals surface area (Å²) in [5.74, 6) is -0.328. The Balaban J connectivity index is 2.37. The molecule has 26 heavy (non-hydrogen) atoms. The van der Waals surface area contributed by atoms with E-state index in [2.05, 4.69) is 9.97 Å². The van der Waals surface area contributed by atoms with Crippen molar-refractivity contribution in [2.45, 2.75) is 45.8 Å². The molecule has 2 amide bonds. The van der Waals surface area contributed by atoms with Gasteiger partial charge in [0.05, 0.1) is 26.8 Å². The number of quaternary nitrogens is 1. The number of hydrogen-bond donors (Lipinski definition) is 1. The molecule has 2 rings (SSSR count). The summed E-state index contributed by atoms with van der Waals surface area (Å²) in [6.45, 7) is 5.61. The number of imide groups is 1. The SMILES string of the molecule is COc1cc(OC)nc(OC(C(=O)[N+]2(C(=O)O)CCC[C@H]2C)C(C)C)n1. The van der Waals surface area contributed by atoms with Crippen molar-refractivity contribution < 1.29 is 33.4 Å². The molecule has 0 saturated carbocycles. The molecule has 0 aromatic carbocycles. The van der Waals surface area contributed by atoms with Crippen LogP contribution in [0.1, 0.15) is 33.6 Å². The van der Waals surface area contributed by atoms with Crippen molar-refractivity contribution in [1.29, 1.82) is 0 Å². The Labute approximate surface area is 152 Å². The number of nitrogens with zero attached hydrogens (tertiary/aromatic N) is 3. The van der Waals surface area contributed by atoms with Crippen molar-refractivity contribution in [3.8, 4) is 17.8 Å². The fourth-order valence-corrected chi connectivity index (χ4v) is 3.24. The molecule has 0 radical (unpaired) electrons. The Bertz CT molecular complexity index is 658. The molecule has 0 bridgehead atoms. The maximum atomic E-state index is 13.2. The number of aromatic nitrogens is 2. The molecule has 1 aromatic rings. The summed E-state index contributed by atoms with van der Waals surface area (Å²) in [5.41, 5.74) is 0. The van der Waals surface area contributed by atoms with Crippen LogP contribution in [0.15, 0.2) is 6.07 Å². The molecule has 0 aliphatic carbocycles. The smallest absolute Gasteiger partial charge is 0.481 e. The van der Waals surface area contributed by atoms with Crippen molar-refractivity contribution in [2.75, 3.05) is 20.8 Å². The van der Waals surface area contributed by atoms with Gasteiger partial charge in [-0.05, 0) is 6.92 Å². The second-order valence-electron chi connectivity index (χ2n) is 6.72. The Kier molecular flexibility index (Phi) is 6.01. The summed E-state index contributed by atoms with van der Waals surface area (Å²) in [5, 5.41) is 9.79. The molecule has 2 unspecified atom stereocenters. The first kappa shape index (κ1) is 19.9. The molecule has 1 aliphatic heterocycles. The van der Waals surface area contributed by atoms with Crippen LogP contribution in [0, 0.1) is 5.92 Å². The molecule has 1 aliphatic rings. The van der Waals surface area contributed by atoms with Crippen LogP contribution in [0.25, 0.3) is 0 Å². The lowest BCUT2D eigenvalue weighted by Crippen LogP contribution is -2.63. The van der Waals surface area contributed by atoms with Gasteiger partial charge < -0.3 is 19.3 Å². The van der Waals surface area contributed by atoms with Gasteiger partial charge in [0.25, 0.3) is 0 Å². The van der Waals surface area contributed by atoms with Gasteiger partial charge in [0, 0.05) is 18.8 Å². The zero-order valence-electron chi connectivity index (χ0n) is 15.8. The predicted molar refractivity (Wildman–Crippen MR) is 91.2 cm³/mol. The first-order valence-corrected chi connectivity index (χ1v) is 8.55. The highest BCUT2D eigenvalue weighted by Crippen LogP contribution is 2.31. The topological polar surface area (TPSA) is 108 Å². The highest BCUT2D eigenvalue weighted by atomic mass is 16.5. The molecular weight excluding hydrogens is 342 g/mol. The summed E-state index contributed by atoms with van der Waals surface area (Å²) < 4.78 is 15.3. The summed E-state index contributed by atoms with van der Waals surface area (Å²) in [6, 6.07) is 1.07. The number of carbonyl (C=O) groups excluding carboxylic acids is 1. The largest absolute Gasteiger partial charge is 0.521 e. The molecule has 1 saturated heterocycles. The number of likely N-dealkylation sites (tertiary alicyclic amines) is 1. The highest BCUT2D eigenvalue weighted by molar-refractivity contribution is 5.84. The van der Waals surface area contributed by atoms with Crippen LogP contribution in [-0.2, 0) is 4.79 Å². The average Bonchev–Trinajstić information content (AvgIpc) is 3.00. The number of amides is 2. The first-order valence-electron chi connectivity index (χ1n) is 8.55. The minimum atomic E-state index is -1.15. The van der Waals surface area contributed by atoms with E-state index in [9.17, 15) is 14.7 Å². The molecule has 1 aromatic heterocycles. The van der Waals surface area contributed by atoms with Crippen molar-refractivity contribution in [1.82, 2.24) is 9.97 Å². The van der Waals surface area contributed by atoms with E-state index in [0.717, 1.165) is 0 Å². The van der Waals surface area contributed by atoms with Gasteiger partial charge in [0.15, 0.2) is 0 Å². The van der Waals surface area contributed by atoms with Gasteiger partial charge in [-0.3, -0.25) is 0 Å². The van der Waals surface area contributed by atoms with E-state index in [-0.39, 0.29) is 36.3 Å². The van der Waals surface area contributed by atoms with E-state index >= 15 is 0 Å². The van der Waals surface area contributed by atoms with Crippen LogP contribution in [0.2, 0.25) is 0 Å². The average molecular weight is 368 g/mol. The molecule has 1 N–H and O–H groups in total. The molecule has 144 valence electrons. The number of carbonyl (C=O) groups is 2. The van der Waals surface area contributed by atoms with Crippen molar-refractivity contribution in [2.24, 2.45) is 5.92 Å². The van der Waals surface area contributed by atoms with Gasteiger partial charge in [-0.15, -0.1) is 0 Å². The maximum absolute atomic E-state index is 13.2. The lowest BCUT2D eigenvalue weighted by molar-refractivity contribution is -0.794. The van der Waals surface area contributed by atoms with Crippen LogP contribution in [-0.4, -0.2) is 64.5 Å². The predicted octanol–water partition coefficient (Wildman–Crippen LogP) is 2.10. The zero-order valence-corrected chi connectivity index (χ0v) is 15.8. The summed E-state index contributed by atoms with van der Waals surface area (Å²) in [7, 11) is 2.88. The second-order valence-corrected chi connectivity index (χ2v) is 6.72. The number of ether oxygens (including phenoxy) is 3. The van der Waals surface area contributed by atoms with E-state index in [1.165, 1.54) is 20.3 Å². The maximum Gasteiger partial charge on any atom is 0.521 e. The van der Waals surface area contributed by atoms with E-state index in [1.807, 2.05) is 0 Å². The standard InChI is InChI=1S/C17H25N3O6/c1-10(2)14(15(21)20(17(22)23)8-6-7-11(20)3)26-16-18-12(24-4)9-13(19-16)25-5/h9-11,14H,6-8H2,1-5H3/p+1/t11-,14?,20?/m1/s1. The van der Waals surface area contributed by atoms with Crippen LogP contribution >= 0.6 is 0 Å². The van der Waals surface area contributed by atoms with Crippen molar-refractivity contribution in [3.05, 3.63) is 6.07 Å². The molecule has 1 fully saturated rings. The Morgan fingerprint density at radius 3 is 2.19 bits per heavy atom. The van der Waals surface area contributed by atoms with Gasteiger partial charge in [-0.1, -0.05) is 13.8 Å². The molecule has 0 spiro atoms. The Morgan fingerprint density at radius 1 is 1.23 bits per heavy atom. The third-order valence-electron chi connectivity index (χ3n) is 4.78. The van der Waals surface area contributed by atoms with E-state index < -0.39 is 22.6 Å². The van der Waals surface area contributed by atoms with Crippen LogP contribution in [0.4, 0.5) is 4.79 Å². The molecule has 9 heteroatoms. The van der Waals surface area contributed by atoms with Gasteiger partial charge in [0.2, 0.25) is 17.9 Å². The Hall–Kier alpha value is -2.42. The summed E-state index contributed by atoms with van der Waals surface area (Å²) >= 11 is 0. The minimum absolute atomic E-state index is 0.0939. The second kappa shape index (κ2) is 7.86. The van der Waals surface area contributed by atoms with E-state index in [1.54, 1.807) is 20.8 Å². The van der Waals surface area contributed by atoms with Crippen molar-refractivity contribution in [3.63, 3.8) is 0 Å². The molecular formula is C17H26N3O6+. The van der Waals surface area contributed by atoms with E-state index in [0.29, 0.717) is 12.8 Å². The Morgan fingerprint density at radius 2 is 1.81 bits per heavy atom. The summed E-state index contributed by atoms with van der Waals surface area (Å²) in [6.07, 6.45) is -0.818. The number of rotatable bonds is 6. The first-order chi connectivity index (χ1) is 12.3. The number of methoxy groups -OCH3 is 2. The normalized spacial score (nSPS) is 23.5. The highest BCUT2D eigenvalue weighted by Gasteiger charge is 2.56. The molecule has 9 nitrogen and oxygen atoms in total. The monoisotopic (exact) mass is 368 g/mol. The van der Waals surface area contributed by atoms with Crippen LogP contribution in [0.5, 0.6) is 17.8 Å². The quantitative estimate of drug-likeness (QED) is 0.761. The van der Waals surface area contributed by atoms with Crippen molar-refractivity contribution >= 4 is 12.0 Å². The van der Waals surface area contributed by atoms with Gasteiger partial charge in [-0.25, -0.2) is 4.79 Å². The zero-order chi connectivity index (χ0) is 19.5. The van der Waals surface area contributed by atoms with Gasteiger partial charge in [0.1, 0.15) is 6.04 Å². The third kappa shape index (κ3) is 3.57. The van der Waals surface area contributed by atoms with E-state index in [4.69, 9.17) is 14.2 Å². The number of carboxylic acid groups (broad SMARTS) is 1. The van der Waals surface area contributed by atoms with Crippen LogP contribution < -0.4 is 14.2 Å². The summed E-state index contributed by atoms with van der Waals surface area (Å²) in [4.78, 5) is 33.4. The fourth-order valence-electron chi connectivity index (χ4n) is 3.24. The number of hydrogen-bond acceptors (Lipinski definition) is 7. The molecule has 2 heterocycles. The molecule has 3 atom stereocenters. The van der Waals surface area contributed by atoms with Gasteiger partial charge >= 0.3 is 18.0 Å². The lowest BCUT2D eigenvalue weighted by Gasteiger charge is -2.33. The minimum Gasteiger partial charge on any atom is -0.481 e. The lowest BCUT2D eigenvalue weighted by atomic mass is 10.0. The third-order valence-corrected chi connectivity index (χ3v) is 4.78. The fraction of sp³-hybridized carbons (Fsp3) is 0.647.